The van der Waals surface area contributed by atoms with E-state index in [4.69, 9.17) is 4.74 Å². The average molecular weight is 350 g/mol. The third kappa shape index (κ3) is 2.66. The van der Waals surface area contributed by atoms with Gasteiger partial charge in [-0.15, -0.1) is 0 Å². The number of aliphatic carboxylic acids is 1. The molecule has 1 saturated heterocycles. The molecule has 3 rings (SSSR count). The number of nitrogens with zero attached hydrogens (tertiary/aromatic N) is 2. The van der Waals surface area contributed by atoms with Crippen molar-refractivity contribution < 1.29 is 19.4 Å². The standard InChI is InChI=1S/C16H18N2O5S/c1-3-4-5-11-13(14(19)20)23-15(21)18(11)9-6-7-10-12(8-9)24-16(22)17(10)2/h6-8,11,13H,3-5H2,1-2H3,(H,19,20)/t11?,13-/m1/s1. The van der Waals surface area contributed by atoms with Crippen LogP contribution in [-0.4, -0.2) is 33.9 Å². The fourth-order valence-electron chi connectivity index (χ4n) is 2.99. The molecule has 1 N–H and O–H groups in total. The summed E-state index contributed by atoms with van der Waals surface area (Å²) in [6.07, 6.45) is 0.398. The topological polar surface area (TPSA) is 88.8 Å². The highest BCUT2D eigenvalue weighted by Gasteiger charge is 2.46. The number of carboxylic acids is 1. The zero-order valence-corrected chi connectivity index (χ0v) is 14.2. The van der Waals surface area contributed by atoms with Gasteiger partial charge in [0.1, 0.15) is 0 Å². The van der Waals surface area contributed by atoms with Crippen LogP contribution in [0, 0.1) is 0 Å². The van der Waals surface area contributed by atoms with Crippen LogP contribution in [0.1, 0.15) is 26.2 Å². The number of ether oxygens (including phenoxy) is 1. The van der Waals surface area contributed by atoms with E-state index in [1.165, 1.54) is 4.90 Å². The number of fused-ring (bicyclic) bond motifs is 1. The van der Waals surface area contributed by atoms with Crippen molar-refractivity contribution >= 4 is 39.3 Å². The maximum Gasteiger partial charge on any atom is 0.415 e. The highest BCUT2D eigenvalue weighted by atomic mass is 32.1. The number of carboxylic acid groups (broad SMARTS) is 1. The van der Waals surface area contributed by atoms with Crippen LogP contribution in [-0.2, 0) is 16.6 Å². The molecular weight excluding hydrogens is 332 g/mol. The van der Waals surface area contributed by atoms with E-state index in [1.54, 1.807) is 29.8 Å². The van der Waals surface area contributed by atoms with Crippen LogP contribution in [0.3, 0.4) is 0 Å². The van der Waals surface area contributed by atoms with E-state index in [0.29, 0.717) is 12.1 Å². The van der Waals surface area contributed by atoms with Gasteiger partial charge in [-0.05, 0) is 24.6 Å². The number of thiazole rings is 1. The number of hydrogen-bond acceptors (Lipinski definition) is 5. The Hall–Kier alpha value is -2.35. The zero-order chi connectivity index (χ0) is 17.4. The number of carbonyl (C=O) groups excluding carboxylic acids is 1. The number of cyclic esters (lactones) is 1. The lowest BCUT2D eigenvalue weighted by molar-refractivity contribution is -0.145. The smallest absolute Gasteiger partial charge is 0.415 e. The first-order valence-electron chi connectivity index (χ1n) is 7.76. The SMILES string of the molecule is CCCCC1[C@H](C(=O)O)OC(=O)N1c1ccc2c(c1)sc(=O)n2C. The van der Waals surface area contributed by atoms with Crippen LogP contribution < -0.4 is 9.77 Å². The summed E-state index contributed by atoms with van der Waals surface area (Å²) >= 11 is 1.09. The second kappa shape index (κ2) is 6.27. The first-order valence-corrected chi connectivity index (χ1v) is 8.58. The Labute approximate surface area is 142 Å². The largest absolute Gasteiger partial charge is 0.478 e. The van der Waals surface area contributed by atoms with Gasteiger partial charge in [0.2, 0.25) is 6.10 Å². The minimum absolute atomic E-state index is 0.0860. The van der Waals surface area contributed by atoms with Gasteiger partial charge in [-0.1, -0.05) is 31.1 Å². The van der Waals surface area contributed by atoms with Crippen LogP contribution in [0.15, 0.2) is 23.0 Å². The quantitative estimate of drug-likeness (QED) is 0.895. The Bertz CT molecular complexity index is 856. The molecule has 0 spiro atoms. The lowest BCUT2D eigenvalue weighted by Gasteiger charge is -2.23. The number of carbonyl (C=O) groups is 2. The van der Waals surface area contributed by atoms with E-state index in [0.717, 1.165) is 34.4 Å². The minimum atomic E-state index is -1.17. The van der Waals surface area contributed by atoms with Crippen molar-refractivity contribution in [1.29, 1.82) is 0 Å². The molecule has 1 unspecified atom stereocenters. The van der Waals surface area contributed by atoms with Crippen LogP contribution in [0.4, 0.5) is 10.5 Å². The third-order valence-corrected chi connectivity index (χ3v) is 5.25. The molecule has 128 valence electrons. The van der Waals surface area contributed by atoms with Crippen LogP contribution >= 0.6 is 11.3 Å². The van der Waals surface area contributed by atoms with E-state index in [-0.39, 0.29) is 4.87 Å². The van der Waals surface area contributed by atoms with Gasteiger partial charge in [-0.25, -0.2) is 9.59 Å². The van der Waals surface area contributed by atoms with E-state index < -0.39 is 24.2 Å². The number of rotatable bonds is 5. The summed E-state index contributed by atoms with van der Waals surface area (Å²) in [5, 5.41) is 9.33. The summed E-state index contributed by atoms with van der Waals surface area (Å²) in [6, 6.07) is 4.68. The van der Waals surface area contributed by atoms with Gasteiger partial charge >= 0.3 is 16.9 Å². The van der Waals surface area contributed by atoms with Gasteiger partial charge in [0.15, 0.2) is 0 Å². The molecule has 0 radical (unpaired) electrons. The summed E-state index contributed by atoms with van der Waals surface area (Å²) < 4.78 is 7.36. The van der Waals surface area contributed by atoms with Gasteiger partial charge in [-0.3, -0.25) is 9.69 Å². The molecule has 7 nitrogen and oxygen atoms in total. The maximum absolute atomic E-state index is 12.2. The van der Waals surface area contributed by atoms with Crippen molar-refractivity contribution in [3.63, 3.8) is 0 Å². The molecule has 24 heavy (non-hydrogen) atoms. The van der Waals surface area contributed by atoms with E-state index >= 15 is 0 Å². The normalized spacial score (nSPS) is 20.6. The Balaban J connectivity index is 2.02. The van der Waals surface area contributed by atoms with Crippen molar-refractivity contribution in [2.45, 2.75) is 38.3 Å². The monoisotopic (exact) mass is 350 g/mol. The van der Waals surface area contributed by atoms with Gasteiger partial charge < -0.3 is 14.4 Å². The molecular formula is C16H18N2O5S. The molecule has 8 heteroatoms. The molecule has 1 amide bonds. The molecule has 0 saturated carbocycles. The second-order valence-corrected chi connectivity index (χ2v) is 6.79. The number of aromatic nitrogens is 1. The number of hydrogen-bond donors (Lipinski definition) is 1. The number of unbranched alkanes of at least 4 members (excludes halogenated alkanes) is 1. The van der Waals surface area contributed by atoms with Gasteiger partial charge in [0, 0.05) is 12.7 Å². The molecule has 1 aliphatic heterocycles. The van der Waals surface area contributed by atoms with E-state index in [9.17, 15) is 19.5 Å². The first-order chi connectivity index (χ1) is 11.4. The lowest BCUT2D eigenvalue weighted by atomic mass is 10.0. The van der Waals surface area contributed by atoms with E-state index in [1.807, 2.05) is 6.92 Å². The fourth-order valence-corrected chi connectivity index (χ4v) is 3.91. The predicted octanol–water partition coefficient (Wildman–Crippen LogP) is 2.57. The summed E-state index contributed by atoms with van der Waals surface area (Å²) in [5.74, 6) is -1.14. The van der Waals surface area contributed by atoms with Crippen molar-refractivity contribution in [2.24, 2.45) is 7.05 Å². The predicted molar refractivity (Wildman–Crippen MR) is 90.8 cm³/mol. The molecule has 2 atom stereocenters. The highest BCUT2D eigenvalue weighted by Crippen LogP contribution is 2.32. The molecule has 0 aliphatic carbocycles. The van der Waals surface area contributed by atoms with Crippen molar-refractivity contribution in [1.82, 2.24) is 4.57 Å². The number of amides is 1. The Morgan fingerprint density at radius 1 is 1.38 bits per heavy atom. The lowest BCUT2D eigenvalue weighted by Crippen LogP contribution is -2.40. The summed E-state index contributed by atoms with van der Waals surface area (Å²) in [5.41, 5.74) is 1.33. The van der Waals surface area contributed by atoms with E-state index in [2.05, 4.69) is 0 Å². The minimum Gasteiger partial charge on any atom is -0.478 e. The first kappa shape index (κ1) is 16.5. The summed E-state index contributed by atoms with van der Waals surface area (Å²) in [4.78, 5) is 36.8. The maximum atomic E-state index is 12.2. The Kier molecular flexibility index (Phi) is 4.31. The highest BCUT2D eigenvalue weighted by molar-refractivity contribution is 7.16. The average Bonchev–Trinajstić information content (AvgIpc) is 3.02. The Morgan fingerprint density at radius 3 is 2.79 bits per heavy atom. The number of anilines is 1. The molecule has 1 aromatic heterocycles. The van der Waals surface area contributed by atoms with Gasteiger partial charge in [0.25, 0.3) is 0 Å². The van der Waals surface area contributed by atoms with Crippen molar-refractivity contribution in [3.8, 4) is 0 Å². The molecule has 2 heterocycles. The Morgan fingerprint density at radius 2 is 2.12 bits per heavy atom. The fraction of sp³-hybridized carbons (Fsp3) is 0.438. The van der Waals surface area contributed by atoms with Crippen molar-refractivity contribution in [2.75, 3.05) is 4.90 Å². The zero-order valence-electron chi connectivity index (χ0n) is 13.4. The molecule has 1 aliphatic rings. The number of benzene rings is 1. The van der Waals surface area contributed by atoms with Crippen LogP contribution in [0.2, 0.25) is 0 Å². The summed E-state index contributed by atoms with van der Waals surface area (Å²) in [7, 11) is 1.69. The second-order valence-electron chi connectivity index (χ2n) is 5.80. The third-order valence-electron chi connectivity index (χ3n) is 4.26. The molecule has 2 aromatic rings. The molecule has 1 aromatic carbocycles. The number of aryl methyl sites for hydroxylation is 1. The van der Waals surface area contributed by atoms with Gasteiger partial charge in [-0.2, -0.15) is 0 Å². The van der Waals surface area contributed by atoms with Gasteiger partial charge in [0.05, 0.1) is 16.3 Å². The molecule has 0 bridgehead atoms. The van der Waals surface area contributed by atoms with Crippen LogP contribution in [0.25, 0.3) is 10.2 Å². The van der Waals surface area contributed by atoms with Crippen molar-refractivity contribution in [3.05, 3.63) is 27.9 Å². The van der Waals surface area contributed by atoms with Crippen LogP contribution in [0.5, 0.6) is 0 Å². The summed E-state index contributed by atoms with van der Waals surface area (Å²) in [6.45, 7) is 2.01. The molecule has 1 fully saturated rings.